The van der Waals surface area contributed by atoms with Crippen LogP contribution in [0.5, 0.6) is 0 Å². The number of aromatic nitrogens is 1. The standard InChI is InChI=1S/C18H20NO.Ir/c1-4-13(2)12-20-18(3)15-9-6-5-8-14(15)17-16(18)10-7-11-19-17;/h5-7,9-11,13H,4,12H2,1-3H3;/q-1;. The largest absolute Gasteiger partial charge is 0.376 e. The van der Waals surface area contributed by atoms with Crippen LogP contribution in [0.25, 0.3) is 11.3 Å². The number of benzene rings is 1. The van der Waals surface area contributed by atoms with E-state index in [4.69, 9.17) is 4.74 Å². The minimum absolute atomic E-state index is 0. The fourth-order valence-electron chi connectivity index (χ4n) is 2.75. The Morgan fingerprint density at radius 1 is 1.29 bits per heavy atom. The van der Waals surface area contributed by atoms with Crippen LogP contribution in [0, 0.1) is 12.0 Å². The van der Waals surface area contributed by atoms with E-state index < -0.39 is 5.60 Å². The molecule has 1 aliphatic carbocycles. The Hall–Kier alpha value is -1.02. The molecule has 0 saturated carbocycles. The average Bonchev–Trinajstić information content (AvgIpc) is 2.76. The zero-order valence-corrected chi connectivity index (χ0v) is 15.0. The van der Waals surface area contributed by atoms with Crippen molar-refractivity contribution in [1.82, 2.24) is 4.98 Å². The quantitative estimate of drug-likeness (QED) is 0.641. The number of hydrogen-bond acceptors (Lipinski definition) is 2. The predicted molar refractivity (Wildman–Crippen MR) is 80.4 cm³/mol. The van der Waals surface area contributed by atoms with E-state index >= 15 is 0 Å². The zero-order chi connectivity index (χ0) is 14.2. The Morgan fingerprint density at radius 3 is 2.81 bits per heavy atom. The van der Waals surface area contributed by atoms with Gasteiger partial charge < -0.3 is 9.72 Å². The third-order valence-electron chi connectivity index (χ3n) is 4.28. The van der Waals surface area contributed by atoms with Gasteiger partial charge in [-0.15, -0.1) is 29.8 Å². The monoisotopic (exact) mass is 459 g/mol. The Balaban J connectivity index is 0.00000161. The van der Waals surface area contributed by atoms with Crippen molar-refractivity contribution in [2.24, 2.45) is 5.92 Å². The van der Waals surface area contributed by atoms with E-state index in [9.17, 15) is 0 Å². The van der Waals surface area contributed by atoms with Gasteiger partial charge in [0, 0.05) is 32.9 Å². The van der Waals surface area contributed by atoms with Crippen molar-refractivity contribution in [2.75, 3.05) is 6.61 Å². The van der Waals surface area contributed by atoms with Crippen molar-refractivity contribution >= 4 is 0 Å². The van der Waals surface area contributed by atoms with Gasteiger partial charge in [0.1, 0.15) is 0 Å². The molecule has 0 spiro atoms. The van der Waals surface area contributed by atoms with Crippen LogP contribution in [-0.4, -0.2) is 11.6 Å². The second kappa shape index (κ2) is 6.39. The number of rotatable bonds is 4. The molecule has 1 aromatic carbocycles. The Kier molecular flexibility index (Phi) is 4.98. The summed E-state index contributed by atoms with van der Waals surface area (Å²) in [5.74, 6) is 0.559. The first-order valence-corrected chi connectivity index (χ1v) is 7.27. The summed E-state index contributed by atoms with van der Waals surface area (Å²) < 4.78 is 6.34. The summed E-state index contributed by atoms with van der Waals surface area (Å²) in [5.41, 5.74) is 4.02. The van der Waals surface area contributed by atoms with E-state index in [1.54, 1.807) is 0 Å². The summed E-state index contributed by atoms with van der Waals surface area (Å²) in [6.07, 6.45) is 2.97. The second-order valence-corrected chi connectivity index (χ2v) is 5.72. The van der Waals surface area contributed by atoms with E-state index in [1.165, 1.54) is 5.56 Å². The van der Waals surface area contributed by atoms with Crippen LogP contribution in [0.2, 0.25) is 0 Å². The van der Waals surface area contributed by atoms with E-state index in [-0.39, 0.29) is 20.1 Å². The second-order valence-electron chi connectivity index (χ2n) is 5.72. The van der Waals surface area contributed by atoms with Gasteiger partial charge in [-0.2, -0.15) is 0 Å². The fraction of sp³-hybridized carbons (Fsp3) is 0.389. The van der Waals surface area contributed by atoms with Crippen molar-refractivity contribution < 1.29 is 24.8 Å². The molecule has 2 unspecified atom stereocenters. The van der Waals surface area contributed by atoms with Gasteiger partial charge in [0.15, 0.2) is 0 Å². The topological polar surface area (TPSA) is 22.1 Å². The van der Waals surface area contributed by atoms with Gasteiger partial charge in [0.2, 0.25) is 0 Å². The van der Waals surface area contributed by atoms with Crippen LogP contribution in [-0.2, 0) is 30.4 Å². The summed E-state index contributed by atoms with van der Waals surface area (Å²) in [5, 5.41) is 0. The van der Waals surface area contributed by atoms with Crippen LogP contribution < -0.4 is 0 Å². The van der Waals surface area contributed by atoms with Crippen LogP contribution in [0.3, 0.4) is 0 Å². The van der Waals surface area contributed by atoms with Crippen LogP contribution in [0.4, 0.5) is 0 Å². The molecule has 0 bridgehead atoms. The molecule has 3 heteroatoms. The van der Waals surface area contributed by atoms with E-state index in [0.29, 0.717) is 5.92 Å². The van der Waals surface area contributed by atoms with E-state index in [0.717, 1.165) is 29.8 Å². The molecule has 0 N–H and O–H groups in total. The molecule has 0 aliphatic heterocycles. The smallest absolute Gasteiger partial charge is 0.0762 e. The molecule has 1 aromatic heterocycles. The van der Waals surface area contributed by atoms with Crippen molar-refractivity contribution in [3.8, 4) is 11.3 Å². The van der Waals surface area contributed by atoms with Gasteiger partial charge in [-0.1, -0.05) is 31.9 Å². The van der Waals surface area contributed by atoms with Gasteiger partial charge in [-0.05, 0) is 30.2 Å². The molecule has 2 atom stereocenters. The Morgan fingerprint density at radius 2 is 2.05 bits per heavy atom. The number of hydrogen-bond donors (Lipinski definition) is 0. The molecule has 2 nitrogen and oxygen atoms in total. The molecule has 1 aliphatic rings. The van der Waals surface area contributed by atoms with Crippen LogP contribution >= 0.6 is 0 Å². The minimum Gasteiger partial charge on any atom is -0.376 e. The molecule has 0 fully saturated rings. The molecule has 0 saturated heterocycles. The maximum absolute atomic E-state index is 6.34. The molecule has 21 heavy (non-hydrogen) atoms. The molecule has 2 aromatic rings. The maximum Gasteiger partial charge on any atom is 0.0762 e. The maximum atomic E-state index is 6.34. The van der Waals surface area contributed by atoms with Crippen LogP contribution in [0.1, 0.15) is 38.3 Å². The SMILES string of the molecule is CCC(C)COC1(C)c2ccc[c-]c2-c2ncccc21.[Ir]. The molecule has 113 valence electrons. The van der Waals surface area contributed by atoms with E-state index in [1.807, 2.05) is 24.4 Å². The first-order chi connectivity index (χ1) is 9.66. The van der Waals surface area contributed by atoms with Gasteiger partial charge in [-0.25, -0.2) is 0 Å². The van der Waals surface area contributed by atoms with Gasteiger partial charge in [-0.3, -0.25) is 0 Å². The van der Waals surface area contributed by atoms with Crippen LogP contribution in [0.15, 0.2) is 36.5 Å². The molecule has 1 heterocycles. The zero-order valence-electron chi connectivity index (χ0n) is 12.6. The predicted octanol–water partition coefficient (Wildman–Crippen LogP) is 4.19. The number of nitrogens with zero attached hydrogens (tertiary/aromatic N) is 1. The summed E-state index contributed by atoms with van der Waals surface area (Å²) in [6, 6.07) is 13.5. The molecule has 3 rings (SSSR count). The normalized spacial score (nSPS) is 20.3. The van der Waals surface area contributed by atoms with Crippen molar-refractivity contribution in [3.63, 3.8) is 0 Å². The number of pyridine rings is 1. The molecule has 1 radical (unpaired) electrons. The molecular weight excluding hydrogens is 438 g/mol. The van der Waals surface area contributed by atoms with Gasteiger partial charge >= 0.3 is 0 Å². The third kappa shape index (κ3) is 2.70. The first kappa shape index (κ1) is 16.4. The number of ether oxygens (including phenoxy) is 1. The Labute approximate surface area is 140 Å². The molecule has 0 amide bonds. The minimum atomic E-state index is -0.403. The summed E-state index contributed by atoms with van der Waals surface area (Å²) in [6.45, 7) is 7.33. The number of fused-ring (bicyclic) bond motifs is 3. The van der Waals surface area contributed by atoms with Gasteiger partial charge in [0.05, 0.1) is 5.60 Å². The van der Waals surface area contributed by atoms with Crippen molar-refractivity contribution in [3.05, 3.63) is 53.7 Å². The summed E-state index contributed by atoms with van der Waals surface area (Å²) in [4.78, 5) is 4.53. The fourth-order valence-corrected chi connectivity index (χ4v) is 2.75. The average molecular weight is 459 g/mol. The third-order valence-corrected chi connectivity index (χ3v) is 4.28. The van der Waals surface area contributed by atoms with Crippen molar-refractivity contribution in [1.29, 1.82) is 0 Å². The van der Waals surface area contributed by atoms with E-state index in [2.05, 4.69) is 44.0 Å². The van der Waals surface area contributed by atoms with Gasteiger partial charge in [0.25, 0.3) is 0 Å². The first-order valence-electron chi connectivity index (χ1n) is 7.27. The Bertz CT molecular complexity index is 581. The van der Waals surface area contributed by atoms with Crippen molar-refractivity contribution in [2.45, 2.75) is 32.8 Å². The summed E-state index contributed by atoms with van der Waals surface area (Å²) >= 11 is 0. The molecular formula is C18H20IrNO-. The summed E-state index contributed by atoms with van der Waals surface area (Å²) in [7, 11) is 0.